The third kappa shape index (κ3) is 3.37. The SMILES string of the molecule is C[C@]1(C(=O)NC2CCCC2)CCC(=O)N1Cc1cccc(Cl)c1. The van der Waals surface area contributed by atoms with Crippen LogP contribution in [0, 0.1) is 0 Å². The number of hydrogen-bond acceptors (Lipinski definition) is 2. The Hall–Kier alpha value is -1.55. The van der Waals surface area contributed by atoms with Crippen LogP contribution in [0.3, 0.4) is 0 Å². The summed E-state index contributed by atoms with van der Waals surface area (Å²) in [6.07, 6.45) is 5.44. The van der Waals surface area contributed by atoms with E-state index in [2.05, 4.69) is 5.32 Å². The molecule has 1 aromatic rings. The van der Waals surface area contributed by atoms with E-state index < -0.39 is 5.54 Å². The van der Waals surface area contributed by atoms with Crippen LogP contribution in [0.15, 0.2) is 24.3 Å². The minimum absolute atomic E-state index is 0.0164. The van der Waals surface area contributed by atoms with E-state index in [0.29, 0.717) is 24.4 Å². The van der Waals surface area contributed by atoms with Crippen LogP contribution >= 0.6 is 11.6 Å². The quantitative estimate of drug-likeness (QED) is 0.918. The fraction of sp³-hybridized carbons (Fsp3) is 0.556. The zero-order valence-corrected chi connectivity index (χ0v) is 14.2. The fourth-order valence-electron chi connectivity index (χ4n) is 3.62. The van der Waals surface area contributed by atoms with Gasteiger partial charge in [-0.1, -0.05) is 36.6 Å². The lowest BCUT2D eigenvalue weighted by molar-refractivity contribution is -0.141. The molecule has 1 aliphatic heterocycles. The van der Waals surface area contributed by atoms with Crippen LogP contribution in [-0.2, 0) is 16.1 Å². The van der Waals surface area contributed by atoms with Crippen molar-refractivity contribution >= 4 is 23.4 Å². The molecule has 1 atom stereocenters. The molecule has 2 aliphatic rings. The summed E-state index contributed by atoms with van der Waals surface area (Å²) < 4.78 is 0. The van der Waals surface area contributed by atoms with Crippen molar-refractivity contribution in [3.05, 3.63) is 34.9 Å². The van der Waals surface area contributed by atoms with Gasteiger partial charge in [-0.2, -0.15) is 0 Å². The number of nitrogens with zero attached hydrogens (tertiary/aromatic N) is 1. The molecule has 2 amide bonds. The second-order valence-electron chi connectivity index (χ2n) is 6.84. The molecule has 0 aromatic heterocycles. The van der Waals surface area contributed by atoms with Crippen molar-refractivity contribution in [1.82, 2.24) is 10.2 Å². The Labute approximate surface area is 142 Å². The summed E-state index contributed by atoms with van der Waals surface area (Å²) in [6.45, 7) is 2.31. The van der Waals surface area contributed by atoms with Crippen LogP contribution in [0.2, 0.25) is 5.02 Å². The molecule has 5 heteroatoms. The van der Waals surface area contributed by atoms with Gasteiger partial charge in [-0.25, -0.2) is 0 Å². The number of rotatable bonds is 4. The molecule has 23 heavy (non-hydrogen) atoms. The summed E-state index contributed by atoms with van der Waals surface area (Å²) in [5.74, 6) is 0.0197. The highest BCUT2D eigenvalue weighted by Crippen LogP contribution is 2.33. The van der Waals surface area contributed by atoms with Crippen LogP contribution in [0.1, 0.15) is 51.0 Å². The van der Waals surface area contributed by atoms with E-state index in [0.717, 1.165) is 18.4 Å². The zero-order valence-electron chi connectivity index (χ0n) is 13.5. The van der Waals surface area contributed by atoms with Crippen molar-refractivity contribution in [3.63, 3.8) is 0 Å². The third-order valence-corrected chi connectivity index (χ3v) is 5.37. The Bertz CT molecular complexity index is 613. The van der Waals surface area contributed by atoms with Gasteiger partial charge in [0, 0.05) is 24.0 Å². The number of carbonyl (C=O) groups is 2. The van der Waals surface area contributed by atoms with Gasteiger partial charge in [0.05, 0.1) is 0 Å². The number of likely N-dealkylation sites (tertiary alicyclic amines) is 1. The highest BCUT2D eigenvalue weighted by atomic mass is 35.5. The molecule has 1 heterocycles. The molecule has 0 bridgehead atoms. The summed E-state index contributed by atoms with van der Waals surface area (Å²) in [6, 6.07) is 7.73. The monoisotopic (exact) mass is 334 g/mol. The van der Waals surface area contributed by atoms with Gasteiger partial charge in [0.25, 0.3) is 0 Å². The van der Waals surface area contributed by atoms with Crippen LogP contribution in [0.4, 0.5) is 0 Å². The third-order valence-electron chi connectivity index (χ3n) is 5.13. The van der Waals surface area contributed by atoms with E-state index in [-0.39, 0.29) is 17.9 Å². The molecule has 0 unspecified atom stereocenters. The molecule has 1 saturated carbocycles. The first-order valence-electron chi connectivity index (χ1n) is 8.35. The number of benzene rings is 1. The number of amides is 2. The summed E-state index contributed by atoms with van der Waals surface area (Å²) >= 11 is 6.03. The Balaban J connectivity index is 1.76. The van der Waals surface area contributed by atoms with E-state index in [4.69, 9.17) is 11.6 Å². The number of halogens is 1. The Morgan fingerprint density at radius 1 is 1.39 bits per heavy atom. The van der Waals surface area contributed by atoms with Gasteiger partial charge in [-0.3, -0.25) is 9.59 Å². The number of nitrogens with one attached hydrogen (secondary N) is 1. The van der Waals surface area contributed by atoms with Crippen LogP contribution in [0.5, 0.6) is 0 Å². The van der Waals surface area contributed by atoms with Crippen molar-refractivity contribution in [2.45, 2.75) is 63.6 Å². The van der Waals surface area contributed by atoms with Crippen LogP contribution < -0.4 is 5.32 Å². The molecule has 124 valence electrons. The number of hydrogen-bond donors (Lipinski definition) is 1. The first-order chi connectivity index (χ1) is 11.0. The topological polar surface area (TPSA) is 49.4 Å². The lowest BCUT2D eigenvalue weighted by Gasteiger charge is -2.35. The van der Waals surface area contributed by atoms with E-state index in [1.807, 2.05) is 31.2 Å². The van der Waals surface area contributed by atoms with Crippen molar-refractivity contribution in [3.8, 4) is 0 Å². The summed E-state index contributed by atoms with van der Waals surface area (Å²) in [5, 5.41) is 3.79. The lowest BCUT2D eigenvalue weighted by atomic mass is 9.96. The molecule has 1 N–H and O–H groups in total. The van der Waals surface area contributed by atoms with Gasteiger partial charge < -0.3 is 10.2 Å². The molecule has 1 saturated heterocycles. The summed E-state index contributed by atoms with van der Waals surface area (Å²) in [7, 11) is 0. The molecular formula is C18H23ClN2O2. The second kappa shape index (κ2) is 6.52. The molecule has 3 rings (SSSR count). The maximum Gasteiger partial charge on any atom is 0.245 e. The normalized spacial score (nSPS) is 25.1. The van der Waals surface area contributed by atoms with Crippen molar-refractivity contribution in [2.24, 2.45) is 0 Å². The first kappa shape index (κ1) is 16.3. The minimum atomic E-state index is -0.762. The van der Waals surface area contributed by atoms with Gasteiger partial charge in [0.2, 0.25) is 11.8 Å². The predicted molar refractivity (Wildman–Crippen MR) is 90.0 cm³/mol. The highest BCUT2D eigenvalue weighted by Gasteiger charge is 2.47. The smallest absolute Gasteiger partial charge is 0.245 e. The first-order valence-corrected chi connectivity index (χ1v) is 8.73. The zero-order chi connectivity index (χ0) is 16.4. The van der Waals surface area contributed by atoms with E-state index in [1.165, 1.54) is 12.8 Å². The number of carbonyl (C=O) groups excluding carboxylic acids is 2. The molecule has 1 aromatic carbocycles. The van der Waals surface area contributed by atoms with Gasteiger partial charge in [0.15, 0.2) is 0 Å². The van der Waals surface area contributed by atoms with E-state index in [9.17, 15) is 9.59 Å². The van der Waals surface area contributed by atoms with Gasteiger partial charge in [-0.05, 0) is 43.9 Å². The van der Waals surface area contributed by atoms with Crippen LogP contribution in [0.25, 0.3) is 0 Å². The average Bonchev–Trinajstić information content (AvgIpc) is 3.12. The summed E-state index contributed by atoms with van der Waals surface area (Å²) in [4.78, 5) is 26.9. The van der Waals surface area contributed by atoms with Gasteiger partial charge in [-0.15, -0.1) is 0 Å². The lowest BCUT2D eigenvalue weighted by Crippen LogP contribution is -2.55. The molecule has 2 fully saturated rings. The van der Waals surface area contributed by atoms with Crippen LogP contribution in [-0.4, -0.2) is 28.3 Å². The van der Waals surface area contributed by atoms with Gasteiger partial charge in [0.1, 0.15) is 5.54 Å². The van der Waals surface area contributed by atoms with Crippen molar-refractivity contribution in [2.75, 3.05) is 0 Å². The maximum absolute atomic E-state index is 12.8. The second-order valence-corrected chi connectivity index (χ2v) is 7.27. The molecule has 4 nitrogen and oxygen atoms in total. The summed E-state index contributed by atoms with van der Waals surface area (Å²) in [5.41, 5.74) is 0.190. The highest BCUT2D eigenvalue weighted by molar-refractivity contribution is 6.30. The Kier molecular flexibility index (Phi) is 4.62. The van der Waals surface area contributed by atoms with Crippen molar-refractivity contribution < 1.29 is 9.59 Å². The Morgan fingerprint density at radius 3 is 2.83 bits per heavy atom. The Morgan fingerprint density at radius 2 is 2.13 bits per heavy atom. The molecule has 0 spiro atoms. The largest absolute Gasteiger partial charge is 0.351 e. The standard InChI is InChI=1S/C18H23ClN2O2/c1-18(17(23)20-15-7-2-3-8-15)10-9-16(22)21(18)12-13-5-4-6-14(19)11-13/h4-6,11,15H,2-3,7-10,12H2,1H3,(H,20,23)/t18-/m1/s1. The molecule has 1 aliphatic carbocycles. The van der Waals surface area contributed by atoms with E-state index in [1.54, 1.807) is 4.90 Å². The fourth-order valence-corrected chi connectivity index (χ4v) is 3.84. The maximum atomic E-state index is 12.8. The van der Waals surface area contributed by atoms with Crippen molar-refractivity contribution in [1.29, 1.82) is 0 Å². The minimum Gasteiger partial charge on any atom is -0.351 e. The molecule has 0 radical (unpaired) electrons. The van der Waals surface area contributed by atoms with E-state index >= 15 is 0 Å². The predicted octanol–water partition coefficient (Wildman–Crippen LogP) is 3.28. The average molecular weight is 335 g/mol. The molecular weight excluding hydrogens is 312 g/mol. The van der Waals surface area contributed by atoms with Gasteiger partial charge >= 0.3 is 0 Å².